The Morgan fingerprint density at radius 3 is 0.909 bits per heavy atom. The second-order valence-electron chi connectivity index (χ2n) is 0.962. The predicted molar refractivity (Wildman–Crippen MR) is 35.2 cm³/mol. The monoisotopic (exact) mass is 258 g/mol. The van der Waals surface area contributed by atoms with Gasteiger partial charge in [-0.05, 0) is 32.1 Å². The van der Waals surface area contributed by atoms with E-state index in [1.165, 1.54) is 0 Å². The molecule has 60 valence electrons. The van der Waals surface area contributed by atoms with E-state index < -0.39 is 0 Å². The van der Waals surface area contributed by atoms with Gasteiger partial charge in [0.1, 0.15) is 0 Å². The maximum atomic E-state index is 7.50. The van der Waals surface area contributed by atoms with E-state index in [0.717, 1.165) is 0 Å². The molecule has 0 spiro atoms. The topological polar surface area (TPSA) is 39.8 Å². The zero-order valence-electron chi connectivity index (χ0n) is 5.43. The second-order valence-corrected chi connectivity index (χ2v) is 0.962. The van der Waals surface area contributed by atoms with Crippen LogP contribution in [0.3, 0.4) is 0 Å². The van der Waals surface area contributed by atoms with E-state index in [-0.39, 0.29) is 0 Å². The minimum atomic E-state index is 1.82. The van der Waals surface area contributed by atoms with E-state index in [1.54, 1.807) is 0 Å². The quantitative estimate of drug-likeness (QED) is 0.360. The van der Waals surface area contributed by atoms with E-state index in [0.29, 0.717) is 0 Å². The van der Waals surface area contributed by atoms with E-state index in [1.807, 2.05) is 49.4 Å². The molecule has 0 saturated heterocycles. The molecule has 5 radical (unpaired) electrons. The van der Waals surface area contributed by atoms with Crippen LogP contribution in [-0.4, -0.2) is 0 Å². The molecule has 11 heavy (non-hydrogen) atoms. The maximum absolute atomic E-state index is 7.50. The molecule has 0 unspecified atom stereocenters. The zero-order chi connectivity index (χ0) is 9.54. The summed E-state index contributed by atoms with van der Waals surface area (Å²) < 4.78 is 15.0. The number of halogens is 1. The van der Waals surface area contributed by atoms with Gasteiger partial charge in [-0.25, -0.2) is 0 Å². The van der Waals surface area contributed by atoms with Gasteiger partial charge in [-0.2, -0.15) is 0 Å². The molecule has 1 fully saturated rings. The first-order valence-corrected chi connectivity index (χ1v) is 4.45. The van der Waals surface area contributed by atoms with Crippen molar-refractivity contribution >= 4 is 9.69 Å². The molecule has 1 saturated carbocycles. The van der Waals surface area contributed by atoms with Crippen LogP contribution in [0.25, 0.3) is 0 Å². The SMILES string of the molecule is [C-]#[O+].[C-]#[O+].[CH]1[CH][CH][CH][CH]1.[Cl][Ru]. The Bertz CT molecular complexity index is 65.4. The average molecular weight is 258 g/mol. The van der Waals surface area contributed by atoms with Crippen molar-refractivity contribution in [1.29, 1.82) is 0 Å². The molecule has 0 atom stereocenters. The van der Waals surface area contributed by atoms with E-state index >= 15 is 0 Å². The van der Waals surface area contributed by atoms with Crippen molar-refractivity contribution in [1.82, 2.24) is 0 Å². The third-order valence-electron chi connectivity index (χ3n) is 0.556. The molecule has 0 heterocycles. The predicted octanol–water partition coefficient (Wildman–Crippen LogP) is 1.63. The van der Waals surface area contributed by atoms with Gasteiger partial charge < -0.3 is 0 Å². The minimum absolute atomic E-state index is 1.82. The first-order valence-electron chi connectivity index (χ1n) is 2.21. The first kappa shape index (κ1) is 17.5. The Labute approximate surface area is 81.8 Å². The summed E-state index contributed by atoms with van der Waals surface area (Å²) >= 11 is 1.82. The Kier molecular flexibility index (Phi) is 50.1. The van der Waals surface area contributed by atoms with Gasteiger partial charge in [-0.3, -0.25) is 0 Å². The fourth-order valence-electron chi connectivity index (χ4n) is 0.321. The molecule has 0 bridgehead atoms. The summed E-state index contributed by atoms with van der Waals surface area (Å²) in [5.74, 6) is 0. The van der Waals surface area contributed by atoms with E-state index in [9.17, 15) is 0 Å². The third-order valence-corrected chi connectivity index (χ3v) is 0.556. The standard InChI is InChI=1S/C5H5.2CO.ClH.Ru/c1-2-4-5-3-1;2*1-2;;/h1-5H;;;1H;/q;;;;+1/p-1. The fraction of sp³-hybridized carbons (Fsp3) is 0. The summed E-state index contributed by atoms with van der Waals surface area (Å²) in [5.41, 5.74) is 0. The van der Waals surface area contributed by atoms with Crippen LogP contribution < -0.4 is 0 Å². The van der Waals surface area contributed by atoms with Crippen LogP contribution in [0.2, 0.25) is 0 Å². The molecule has 1 aliphatic rings. The summed E-state index contributed by atoms with van der Waals surface area (Å²) in [5, 5.41) is 0. The van der Waals surface area contributed by atoms with Crippen molar-refractivity contribution in [2.75, 3.05) is 0 Å². The van der Waals surface area contributed by atoms with Crippen LogP contribution in [0.4, 0.5) is 0 Å². The molecule has 2 nitrogen and oxygen atoms in total. The summed E-state index contributed by atoms with van der Waals surface area (Å²) in [6, 6.07) is 0. The van der Waals surface area contributed by atoms with Gasteiger partial charge >= 0.3 is 49.6 Å². The van der Waals surface area contributed by atoms with E-state index in [2.05, 4.69) is 23.0 Å². The first-order chi connectivity index (χ1) is 5.50. The fourth-order valence-corrected chi connectivity index (χ4v) is 0.321. The second kappa shape index (κ2) is 31.5. The van der Waals surface area contributed by atoms with Crippen molar-refractivity contribution in [2.24, 2.45) is 0 Å². The van der Waals surface area contributed by atoms with Gasteiger partial charge in [0.05, 0.1) is 0 Å². The van der Waals surface area contributed by atoms with Gasteiger partial charge in [-0.1, -0.05) is 0 Å². The molecular weight excluding hydrogens is 253 g/mol. The van der Waals surface area contributed by atoms with Crippen LogP contribution in [-0.2, 0) is 26.6 Å². The number of hydrogen-bond acceptors (Lipinski definition) is 0. The summed E-state index contributed by atoms with van der Waals surface area (Å²) in [4.78, 5) is 0. The molecular formula is C7H5ClO2Ru. The van der Waals surface area contributed by atoms with Crippen molar-refractivity contribution < 1.29 is 26.6 Å². The van der Waals surface area contributed by atoms with Crippen molar-refractivity contribution in [3.63, 3.8) is 0 Å². The number of hydrogen-bond donors (Lipinski definition) is 0. The van der Waals surface area contributed by atoms with E-state index in [4.69, 9.17) is 9.30 Å². The molecule has 0 amide bonds. The van der Waals surface area contributed by atoms with Gasteiger partial charge in [0.25, 0.3) is 0 Å². The van der Waals surface area contributed by atoms with Gasteiger partial charge in [0.15, 0.2) is 0 Å². The van der Waals surface area contributed by atoms with Crippen LogP contribution in [0.15, 0.2) is 0 Å². The van der Waals surface area contributed by atoms with Crippen LogP contribution in [0, 0.1) is 45.4 Å². The molecule has 4 heteroatoms. The van der Waals surface area contributed by atoms with Crippen molar-refractivity contribution in [2.45, 2.75) is 0 Å². The molecule has 0 N–H and O–H groups in total. The van der Waals surface area contributed by atoms with Gasteiger partial charge in [0.2, 0.25) is 0 Å². The molecule has 0 aromatic rings. The summed E-state index contributed by atoms with van der Waals surface area (Å²) in [6.45, 7) is 9.00. The van der Waals surface area contributed by atoms with Gasteiger partial charge in [0, 0.05) is 0 Å². The van der Waals surface area contributed by atoms with Crippen LogP contribution >= 0.6 is 9.69 Å². The molecule has 0 aromatic carbocycles. The Morgan fingerprint density at radius 1 is 0.727 bits per heavy atom. The molecule has 1 aliphatic carbocycles. The van der Waals surface area contributed by atoms with Gasteiger partial charge in [-0.15, -0.1) is 0 Å². The molecule has 0 aromatic heterocycles. The third kappa shape index (κ3) is 25.2. The summed E-state index contributed by atoms with van der Waals surface area (Å²) in [6.07, 6.45) is 10.0. The zero-order valence-corrected chi connectivity index (χ0v) is 7.93. The summed E-state index contributed by atoms with van der Waals surface area (Å²) in [7, 11) is 4.57. The van der Waals surface area contributed by atoms with Crippen molar-refractivity contribution in [3.05, 3.63) is 45.4 Å². The van der Waals surface area contributed by atoms with Crippen LogP contribution in [0.5, 0.6) is 0 Å². The Hall–Kier alpha value is 0.393. The molecule has 0 aliphatic heterocycles. The number of rotatable bonds is 0. The molecule has 1 rings (SSSR count). The van der Waals surface area contributed by atoms with Crippen molar-refractivity contribution in [3.8, 4) is 0 Å². The normalized spacial score (nSPS) is 11.8. The van der Waals surface area contributed by atoms with Crippen LogP contribution in [0.1, 0.15) is 0 Å². The Balaban J connectivity index is -0.0000000933. The average Bonchev–Trinajstić information content (AvgIpc) is 2.71. The Morgan fingerprint density at radius 2 is 0.818 bits per heavy atom.